The molecule has 3 N–H and O–H groups in total. The molecule has 1 atom stereocenters. The number of hydrogen-bond donors (Lipinski definition) is 2. The van der Waals surface area contributed by atoms with Gasteiger partial charge in [-0.25, -0.2) is 19.3 Å². The predicted molar refractivity (Wildman–Crippen MR) is 105 cm³/mol. The van der Waals surface area contributed by atoms with E-state index in [1.54, 1.807) is 30.5 Å². The van der Waals surface area contributed by atoms with Crippen molar-refractivity contribution in [3.05, 3.63) is 60.3 Å². The summed E-state index contributed by atoms with van der Waals surface area (Å²) in [5, 5.41) is 10.1. The second-order valence-corrected chi connectivity index (χ2v) is 7.99. The standard InChI is InChI=1S/C18H18FN5O2S/c1-26-16-8-13(19)3-4-14(16)15-9-18(23-11-22-15)24-17-7-12(5-6-21-17)10-27(2,20)25/h3-11H,1-2H3,(H2,20,25)(H,21,22,23,24). The van der Waals surface area contributed by atoms with Gasteiger partial charge in [0.15, 0.2) is 0 Å². The number of nitrogens with zero attached hydrogens (tertiary/aromatic N) is 3. The number of methoxy groups -OCH3 is 1. The number of hydrogen-bond acceptors (Lipinski definition) is 6. The summed E-state index contributed by atoms with van der Waals surface area (Å²) in [7, 11) is -1.06. The zero-order valence-electron chi connectivity index (χ0n) is 14.7. The minimum absolute atomic E-state index is 0.370. The Bertz CT molecular complexity index is 1090. The highest BCUT2D eigenvalue weighted by Gasteiger charge is 2.10. The first-order chi connectivity index (χ1) is 12.8. The first kappa shape index (κ1) is 18.7. The minimum atomic E-state index is -2.52. The summed E-state index contributed by atoms with van der Waals surface area (Å²) < 4.78 is 30.4. The molecule has 2 heterocycles. The predicted octanol–water partition coefficient (Wildman–Crippen LogP) is 2.37. The van der Waals surface area contributed by atoms with E-state index in [1.165, 1.54) is 37.2 Å². The lowest BCUT2D eigenvalue weighted by Gasteiger charge is -2.10. The van der Waals surface area contributed by atoms with Gasteiger partial charge in [-0.1, -0.05) is 0 Å². The molecule has 1 unspecified atom stereocenters. The van der Waals surface area contributed by atoms with Crippen LogP contribution in [0.1, 0.15) is 5.56 Å². The third-order valence-corrected chi connectivity index (χ3v) is 4.26. The number of nitrogens with two attached hydrogens (primary N) is 1. The van der Waals surface area contributed by atoms with Crippen molar-refractivity contribution in [3.8, 4) is 17.0 Å². The normalized spacial score (nSPS) is 12.9. The number of ether oxygens (including phenoxy) is 1. The van der Waals surface area contributed by atoms with Crippen molar-refractivity contribution in [2.24, 2.45) is 5.14 Å². The summed E-state index contributed by atoms with van der Waals surface area (Å²) in [6.45, 7) is 0. The molecule has 0 fully saturated rings. The fourth-order valence-electron chi connectivity index (χ4n) is 2.44. The minimum Gasteiger partial charge on any atom is -0.496 e. The van der Waals surface area contributed by atoms with E-state index in [9.17, 15) is 8.60 Å². The maximum absolute atomic E-state index is 13.4. The van der Waals surface area contributed by atoms with Crippen LogP contribution in [0.2, 0.25) is 0 Å². The zero-order chi connectivity index (χ0) is 19.4. The Hall–Kier alpha value is -3.04. The first-order valence-corrected chi connectivity index (χ1v) is 9.94. The number of benzene rings is 1. The fraction of sp³-hybridized carbons (Fsp3) is 0.111. The third kappa shape index (κ3) is 4.99. The molecule has 0 aliphatic heterocycles. The quantitative estimate of drug-likeness (QED) is 0.652. The van der Waals surface area contributed by atoms with Crippen LogP contribution in [-0.4, -0.2) is 37.9 Å². The Kier molecular flexibility index (Phi) is 5.33. The number of anilines is 2. The molecule has 9 heteroatoms. The molecule has 27 heavy (non-hydrogen) atoms. The molecule has 0 aliphatic carbocycles. The van der Waals surface area contributed by atoms with Crippen molar-refractivity contribution in [3.63, 3.8) is 0 Å². The maximum atomic E-state index is 13.4. The molecule has 0 amide bonds. The van der Waals surface area contributed by atoms with Gasteiger partial charge in [0.25, 0.3) is 0 Å². The maximum Gasteiger partial charge on any atom is 0.135 e. The molecule has 0 radical (unpaired) electrons. The molecule has 0 saturated carbocycles. The SMILES string of the molecule is COc1cc(F)ccc1-c1cc(Nc2cc(C=S(C)(N)=O)ccn2)ncn1. The van der Waals surface area contributed by atoms with Gasteiger partial charge < -0.3 is 10.1 Å². The number of aromatic nitrogens is 3. The highest BCUT2D eigenvalue weighted by molar-refractivity contribution is 7.98. The van der Waals surface area contributed by atoms with E-state index in [0.29, 0.717) is 34.2 Å². The lowest BCUT2D eigenvalue weighted by molar-refractivity contribution is 0.413. The summed E-state index contributed by atoms with van der Waals surface area (Å²) in [6.07, 6.45) is 4.41. The van der Waals surface area contributed by atoms with E-state index in [2.05, 4.69) is 20.3 Å². The number of pyridine rings is 1. The fourth-order valence-corrected chi connectivity index (χ4v) is 3.13. The van der Waals surface area contributed by atoms with Crippen molar-refractivity contribution < 1.29 is 13.3 Å². The van der Waals surface area contributed by atoms with Crippen molar-refractivity contribution in [2.45, 2.75) is 0 Å². The van der Waals surface area contributed by atoms with Crippen LogP contribution in [0.3, 0.4) is 0 Å². The van der Waals surface area contributed by atoms with Gasteiger partial charge in [-0.15, -0.1) is 0 Å². The second-order valence-electron chi connectivity index (χ2n) is 5.82. The van der Waals surface area contributed by atoms with E-state index < -0.39 is 15.5 Å². The smallest absolute Gasteiger partial charge is 0.135 e. The van der Waals surface area contributed by atoms with E-state index in [1.807, 2.05) is 0 Å². The first-order valence-electron chi connectivity index (χ1n) is 7.85. The number of rotatable bonds is 5. The van der Waals surface area contributed by atoms with Crippen molar-refractivity contribution in [1.29, 1.82) is 0 Å². The summed E-state index contributed by atoms with van der Waals surface area (Å²) in [4.78, 5) is 12.6. The largest absolute Gasteiger partial charge is 0.496 e. The molecule has 3 aromatic rings. The topological polar surface area (TPSA) is 103 Å². The molecule has 0 aliphatic rings. The van der Waals surface area contributed by atoms with Gasteiger partial charge in [0.05, 0.1) is 12.8 Å². The summed E-state index contributed by atoms with van der Waals surface area (Å²) >= 11 is 0. The van der Waals surface area contributed by atoms with E-state index >= 15 is 0 Å². The number of halogens is 1. The van der Waals surface area contributed by atoms with Gasteiger partial charge >= 0.3 is 0 Å². The van der Waals surface area contributed by atoms with Crippen LogP contribution in [0.25, 0.3) is 11.3 Å². The van der Waals surface area contributed by atoms with Gasteiger partial charge in [0.2, 0.25) is 0 Å². The molecule has 2 aromatic heterocycles. The second kappa shape index (κ2) is 7.68. The van der Waals surface area contributed by atoms with Crippen molar-refractivity contribution in [1.82, 2.24) is 15.0 Å². The molecule has 3 rings (SSSR count). The molecule has 0 spiro atoms. The molecule has 0 saturated heterocycles. The third-order valence-electron chi connectivity index (χ3n) is 3.52. The highest BCUT2D eigenvalue weighted by Crippen LogP contribution is 2.30. The van der Waals surface area contributed by atoms with Crippen LogP contribution < -0.4 is 15.2 Å². The van der Waals surface area contributed by atoms with Gasteiger partial charge in [0.1, 0.15) is 29.5 Å². The zero-order valence-corrected chi connectivity index (χ0v) is 15.5. The van der Waals surface area contributed by atoms with Crippen LogP contribution in [0.4, 0.5) is 16.0 Å². The Morgan fingerprint density at radius 2 is 1.93 bits per heavy atom. The lowest BCUT2D eigenvalue weighted by Crippen LogP contribution is -2.13. The summed E-state index contributed by atoms with van der Waals surface area (Å²) in [6, 6.07) is 9.32. The average molecular weight is 387 g/mol. The van der Waals surface area contributed by atoms with E-state index in [-0.39, 0.29) is 0 Å². The summed E-state index contributed by atoms with van der Waals surface area (Å²) in [5.41, 5.74) is 1.87. The number of nitrogens with one attached hydrogen (secondary N) is 1. The van der Waals surface area contributed by atoms with Crippen molar-refractivity contribution >= 4 is 26.7 Å². The van der Waals surface area contributed by atoms with Crippen LogP contribution >= 0.6 is 0 Å². The van der Waals surface area contributed by atoms with Gasteiger partial charge in [-0.05, 0) is 29.8 Å². The average Bonchev–Trinajstić information content (AvgIpc) is 2.60. The van der Waals surface area contributed by atoms with Gasteiger partial charge in [-0.3, -0.25) is 9.35 Å². The van der Waals surface area contributed by atoms with E-state index in [4.69, 9.17) is 9.88 Å². The Labute approximate surface area is 156 Å². The molecule has 7 nitrogen and oxygen atoms in total. The Morgan fingerprint density at radius 3 is 2.67 bits per heavy atom. The lowest BCUT2D eigenvalue weighted by atomic mass is 10.1. The Morgan fingerprint density at radius 1 is 1.15 bits per heavy atom. The molecule has 140 valence electrons. The summed E-state index contributed by atoms with van der Waals surface area (Å²) in [5.74, 6) is 0.965. The molecular formula is C18H18FN5O2S. The molecule has 0 bridgehead atoms. The van der Waals surface area contributed by atoms with Crippen LogP contribution in [0.5, 0.6) is 5.75 Å². The Balaban J connectivity index is 1.92. The van der Waals surface area contributed by atoms with Gasteiger partial charge in [0, 0.05) is 45.2 Å². The molecule has 1 aromatic carbocycles. The highest BCUT2D eigenvalue weighted by atomic mass is 32.2. The van der Waals surface area contributed by atoms with Crippen molar-refractivity contribution in [2.75, 3.05) is 18.7 Å². The van der Waals surface area contributed by atoms with Gasteiger partial charge in [-0.2, -0.15) is 0 Å². The monoisotopic (exact) mass is 387 g/mol. The van der Waals surface area contributed by atoms with Crippen LogP contribution in [-0.2, 0) is 9.71 Å². The van der Waals surface area contributed by atoms with Crippen LogP contribution in [0, 0.1) is 5.82 Å². The van der Waals surface area contributed by atoms with Crippen LogP contribution in [0.15, 0.2) is 48.9 Å². The van der Waals surface area contributed by atoms with E-state index in [0.717, 1.165) is 0 Å². The molecular weight excluding hydrogens is 369 g/mol.